The van der Waals surface area contributed by atoms with E-state index < -0.39 is 35.7 Å². The van der Waals surface area contributed by atoms with Crippen molar-refractivity contribution >= 4 is 11.8 Å². The molecule has 0 spiro atoms. The van der Waals surface area contributed by atoms with Crippen LogP contribution >= 0.6 is 0 Å². The van der Waals surface area contributed by atoms with Gasteiger partial charge in [-0.3, -0.25) is 4.79 Å². The van der Waals surface area contributed by atoms with Crippen LogP contribution in [-0.4, -0.2) is 35.0 Å². The van der Waals surface area contributed by atoms with Crippen LogP contribution in [0.1, 0.15) is 59.6 Å². The number of carbonyl (C=O) groups excluding carboxylic acids is 1. The first-order chi connectivity index (χ1) is 15.9. The molecule has 186 valence electrons. The summed E-state index contributed by atoms with van der Waals surface area (Å²) in [5.41, 5.74) is -0.866. The van der Waals surface area contributed by atoms with Crippen molar-refractivity contribution in [1.29, 1.82) is 0 Å². The number of halogens is 5. The Bertz CT molecular complexity index is 1050. The highest BCUT2D eigenvalue weighted by Gasteiger charge is 2.50. The van der Waals surface area contributed by atoms with Crippen LogP contribution in [0.3, 0.4) is 0 Å². The average Bonchev–Trinajstić information content (AvgIpc) is 3.53. The monoisotopic (exact) mass is 486 g/mol. The molecule has 0 aliphatic heterocycles. The van der Waals surface area contributed by atoms with Crippen molar-refractivity contribution in [2.24, 2.45) is 0 Å². The van der Waals surface area contributed by atoms with Crippen LogP contribution in [-0.2, 0) is 28.7 Å². The summed E-state index contributed by atoms with van der Waals surface area (Å²) in [7, 11) is 1.22. The zero-order valence-corrected chi connectivity index (χ0v) is 19.3. The highest BCUT2D eigenvalue weighted by atomic mass is 19.4. The third-order valence-corrected chi connectivity index (χ3v) is 6.07. The second kappa shape index (κ2) is 9.81. The van der Waals surface area contributed by atoms with Crippen molar-refractivity contribution in [2.75, 3.05) is 12.4 Å². The predicted molar refractivity (Wildman–Crippen MR) is 116 cm³/mol. The molecule has 0 bridgehead atoms. The molecule has 0 radical (unpaired) electrons. The van der Waals surface area contributed by atoms with Gasteiger partial charge in [0.15, 0.2) is 0 Å². The number of hydrogen-bond acceptors (Lipinski definition) is 6. The summed E-state index contributed by atoms with van der Waals surface area (Å²) in [4.78, 5) is 20.6. The van der Waals surface area contributed by atoms with E-state index in [2.05, 4.69) is 20.6 Å². The molecule has 1 atom stereocenters. The Balaban J connectivity index is 1.97. The summed E-state index contributed by atoms with van der Waals surface area (Å²) >= 11 is 0. The van der Waals surface area contributed by atoms with Crippen LogP contribution in [0.15, 0.2) is 18.2 Å². The minimum absolute atomic E-state index is 0.0480. The normalized spacial score (nSPS) is 15.8. The molecule has 0 saturated heterocycles. The lowest BCUT2D eigenvalue weighted by Crippen LogP contribution is -2.38. The van der Waals surface area contributed by atoms with Gasteiger partial charge in [0.2, 0.25) is 0 Å². The molecule has 1 saturated carbocycles. The highest BCUT2D eigenvalue weighted by molar-refractivity contribution is 5.73. The van der Waals surface area contributed by atoms with Crippen molar-refractivity contribution in [3.63, 3.8) is 0 Å². The number of benzene rings is 1. The molecular weight excluding hydrogens is 459 g/mol. The SMILES string of the molecule is COC(=O)Cc1nc(C)nc(N[C@H](C)c2cccc(C(F)(F)F)c2C)c1CNC1(C(F)F)CC1. The molecule has 3 rings (SSSR count). The third-order valence-electron chi connectivity index (χ3n) is 6.07. The lowest BCUT2D eigenvalue weighted by Gasteiger charge is -2.24. The van der Waals surface area contributed by atoms with Crippen LogP contribution in [0.5, 0.6) is 0 Å². The molecule has 1 aliphatic rings. The van der Waals surface area contributed by atoms with E-state index in [1.807, 2.05) is 0 Å². The van der Waals surface area contributed by atoms with E-state index in [1.54, 1.807) is 19.9 Å². The molecule has 6 nitrogen and oxygen atoms in total. The van der Waals surface area contributed by atoms with E-state index in [0.29, 0.717) is 35.5 Å². The molecule has 1 fully saturated rings. The lowest BCUT2D eigenvalue weighted by atomic mass is 9.97. The summed E-state index contributed by atoms with van der Waals surface area (Å²) < 4.78 is 71.7. The lowest BCUT2D eigenvalue weighted by molar-refractivity contribution is -0.140. The molecule has 0 amide bonds. The number of alkyl halides is 5. The standard InChI is InChI=1S/C23H27F5N4O2/c1-12-15(6-5-7-17(12)23(26,27)28)13(2)30-20-16(11-29-22(8-9-22)21(24)25)18(10-19(33)34-4)31-14(3)32-20/h5-7,13,21,29H,8-11H2,1-4H3,(H,30,31,32)/t13-/m1/s1. The van der Waals surface area contributed by atoms with Gasteiger partial charge in [-0.25, -0.2) is 18.7 Å². The number of carbonyl (C=O) groups is 1. The van der Waals surface area contributed by atoms with Crippen molar-refractivity contribution < 1.29 is 31.5 Å². The molecule has 34 heavy (non-hydrogen) atoms. The van der Waals surface area contributed by atoms with E-state index in [1.165, 1.54) is 20.1 Å². The van der Waals surface area contributed by atoms with Crippen LogP contribution in [0.25, 0.3) is 0 Å². The van der Waals surface area contributed by atoms with E-state index in [0.717, 1.165) is 6.07 Å². The number of aromatic nitrogens is 2. The zero-order valence-electron chi connectivity index (χ0n) is 19.3. The van der Waals surface area contributed by atoms with Gasteiger partial charge in [-0.15, -0.1) is 0 Å². The highest BCUT2D eigenvalue weighted by Crippen LogP contribution is 2.41. The number of methoxy groups -OCH3 is 1. The minimum Gasteiger partial charge on any atom is -0.469 e. The van der Waals surface area contributed by atoms with Gasteiger partial charge in [-0.05, 0) is 50.8 Å². The van der Waals surface area contributed by atoms with Gasteiger partial charge < -0.3 is 15.4 Å². The van der Waals surface area contributed by atoms with Crippen molar-refractivity contribution in [3.8, 4) is 0 Å². The van der Waals surface area contributed by atoms with Crippen molar-refractivity contribution in [2.45, 2.75) is 70.8 Å². The Morgan fingerprint density at radius 1 is 1.21 bits per heavy atom. The quantitative estimate of drug-likeness (QED) is 0.388. The first-order valence-corrected chi connectivity index (χ1v) is 10.8. The van der Waals surface area contributed by atoms with Crippen molar-refractivity contribution in [1.82, 2.24) is 15.3 Å². The molecular formula is C23H27F5N4O2. The maximum Gasteiger partial charge on any atom is 0.416 e. The first-order valence-electron chi connectivity index (χ1n) is 10.8. The number of nitrogens with one attached hydrogen (secondary N) is 2. The molecule has 2 N–H and O–H groups in total. The minimum atomic E-state index is -4.50. The smallest absolute Gasteiger partial charge is 0.416 e. The second-order valence-corrected chi connectivity index (χ2v) is 8.49. The van der Waals surface area contributed by atoms with Gasteiger partial charge in [0.25, 0.3) is 6.43 Å². The first kappa shape index (κ1) is 25.8. The van der Waals surface area contributed by atoms with Crippen LogP contribution in [0, 0.1) is 13.8 Å². The molecule has 1 heterocycles. The number of nitrogens with zero attached hydrogens (tertiary/aromatic N) is 2. The molecule has 11 heteroatoms. The summed E-state index contributed by atoms with van der Waals surface area (Å²) in [6, 6.07) is 3.33. The topological polar surface area (TPSA) is 76.1 Å². The summed E-state index contributed by atoms with van der Waals surface area (Å²) in [6.07, 6.45) is -6.64. The second-order valence-electron chi connectivity index (χ2n) is 8.49. The van der Waals surface area contributed by atoms with E-state index >= 15 is 0 Å². The fourth-order valence-corrected chi connectivity index (χ4v) is 3.90. The number of aryl methyl sites for hydroxylation is 1. The number of esters is 1. The van der Waals surface area contributed by atoms with Gasteiger partial charge in [0.05, 0.1) is 36.4 Å². The third kappa shape index (κ3) is 5.63. The van der Waals surface area contributed by atoms with E-state index in [4.69, 9.17) is 4.74 Å². The Morgan fingerprint density at radius 3 is 2.44 bits per heavy atom. The summed E-state index contributed by atoms with van der Waals surface area (Å²) in [5.74, 6) is 0.00320. The van der Waals surface area contributed by atoms with Crippen LogP contribution < -0.4 is 10.6 Å². The van der Waals surface area contributed by atoms with Gasteiger partial charge >= 0.3 is 12.1 Å². The van der Waals surface area contributed by atoms with Crippen LogP contribution in [0.2, 0.25) is 0 Å². The molecule has 1 aromatic carbocycles. The van der Waals surface area contributed by atoms with Gasteiger partial charge in [0, 0.05) is 12.1 Å². The van der Waals surface area contributed by atoms with Crippen LogP contribution in [0.4, 0.5) is 27.8 Å². The van der Waals surface area contributed by atoms with Gasteiger partial charge in [-0.1, -0.05) is 12.1 Å². The number of anilines is 1. The van der Waals surface area contributed by atoms with Gasteiger partial charge in [0.1, 0.15) is 11.6 Å². The Labute approximate surface area is 194 Å². The van der Waals surface area contributed by atoms with Gasteiger partial charge in [-0.2, -0.15) is 13.2 Å². The fourth-order valence-electron chi connectivity index (χ4n) is 3.90. The Hall–Kier alpha value is -2.82. The maximum absolute atomic E-state index is 13.4. The number of rotatable bonds is 9. The maximum atomic E-state index is 13.4. The zero-order chi connectivity index (χ0) is 25.3. The molecule has 1 aliphatic carbocycles. The largest absolute Gasteiger partial charge is 0.469 e. The Kier molecular flexibility index (Phi) is 7.44. The summed E-state index contributed by atoms with van der Waals surface area (Å²) in [5, 5.41) is 5.97. The fraction of sp³-hybridized carbons (Fsp3) is 0.522. The molecule has 1 aromatic heterocycles. The Morgan fingerprint density at radius 2 is 1.88 bits per heavy atom. The van der Waals surface area contributed by atoms with Crippen molar-refractivity contribution in [3.05, 3.63) is 52.0 Å². The molecule has 0 unspecified atom stereocenters. The summed E-state index contributed by atoms with van der Waals surface area (Å²) in [6.45, 7) is 4.63. The average molecular weight is 486 g/mol. The van der Waals surface area contributed by atoms with E-state index in [-0.39, 0.29) is 24.3 Å². The van der Waals surface area contributed by atoms with E-state index in [9.17, 15) is 26.7 Å². The predicted octanol–water partition coefficient (Wildman–Crippen LogP) is 4.89. The molecule has 2 aromatic rings. The number of ether oxygens (including phenoxy) is 1. The number of hydrogen-bond donors (Lipinski definition) is 2.